The summed E-state index contributed by atoms with van der Waals surface area (Å²) in [5.41, 5.74) is 2.71. The van der Waals surface area contributed by atoms with Crippen LogP contribution in [-0.2, 0) is 41.6 Å². The standard InChI is InChI=1S/2C17H21NO5/c2*1-21-17(20)12-4-5-13-10-18(6-8-23-15(13)9-12)16(19)14-3-2-7-22-11-14/h2*4-5,9,14H,2-3,6-8,10-11H2,1H3/t2*14-/m10/s1. The van der Waals surface area contributed by atoms with Crippen molar-refractivity contribution in [1.82, 2.24) is 9.80 Å². The Bertz CT molecular complexity index is 1290. The molecule has 2 fully saturated rings. The molecule has 2 atom stereocenters. The van der Waals surface area contributed by atoms with E-state index in [4.69, 9.17) is 28.4 Å². The van der Waals surface area contributed by atoms with Gasteiger partial charge in [-0.1, -0.05) is 12.1 Å². The summed E-state index contributed by atoms with van der Waals surface area (Å²) in [5.74, 6) is 0.628. The minimum Gasteiger partial charge on any atom is -0.491 e. The van der Waals surface area contributed by atoms with Crippen LogP contribution in [0.15, 0.2) is 36.4 Å². The molecule has 2 aromatic carbocycles. The Morgan fingerprint density at radius 2 is 1.09 bits per heavy atom. The number of hydrogen-bond acceptors (Lipinski definition) is 10. The van der Waals surface area contributed by atoms with Crippen molar-refractivity contribution in [2.45, 2.75) is 38.8 Å². The van der Waals surface area contributed by atoms with Gasteiger partial charge in [0.25, 0.3) is 0 Å². The molecule has 6 rings (SSSR count). The molecule has 0 saturated carbocycles. The number of carbonyl (C=O) groups excluding carboxylic acids is 4. The summed E-state index contributed by atoms with van der Waals surface area (Å²) in [6.07, 6.45) is 3.62. The summed E-state index contributed by atoms with van der Waals surface area (Å²) in [6.45, 7) is 5.38. The number of carbonyl (C=O) groups is 4. The first-order chi connectivity index (χ1) is 22.4. The molecular weight excluding hydrogens is 596 g/mol. The quantitative estimate of drug-likeness (QED) is 0.460. The number of hydrogen-bond donors (Lipinski definition) is 0. The average molecular weight is 639 g/mol. The summed E-state index contributed by atoms with van der Waals surface area (Å²) in [6, 6.07) is 10.4. The van der Waals surface area contributed by atoms with Gasteiger partial charge in [0.2, 0.25) is 11.8 Å². The predicted molar refractivity (Wildman–Crippen MR) is 164 cm³/mol. The summed E-state index contributed by atoms with van der Waals surface area (Å²) < 4.78 is 31.7. The van der Waals surface area contributed by atoms with Gasteiger partial charge in [-0.05, 0) is 49.9 Å². The Labute approximate surface area is 268 Å². The number of ether oxygens (including phenoxy) is 6. The second-order valence-electron chi connectivity index (χ2n) is 11.7. The van der Waals surface area contributed by atoms with Crippen LogP contribution >= 0.6 is 0 Å². The first-order valence-electron chi connectivity index (χ1n) is 15.8. The highest BCUT2D eigenvalue weighted by molar-refractivity contribution is 5.90. The zero-order chi connectivity index (χ0) is 32.5. The zero-order valence-electron chi connectivity index (χ0n) is 26.5. The summed E-state index contributed by atoms with van der Waals surface area (Å²) >= 11 is 0. The number of esters is 2. The largest absolute Gasteiger partial charge is 0.491 e. The molecule has 0 bridgehead atoms. The lowest BCUT2D eigenvalue weighted by Gasteiger charge is -2.28. The highest BCUT2D eigenvalue weighted by Gasteiger charge is 2.30. The van der Waals surface area contributed by atoms with E-state index in [1.54, 1.807) is 24.3 Å². The maximum absolute atomic E-state index is 12.7. The van der Waals surface area contributed by atoms with Crippen LogP contribution in [-0.4, -0.2) is 101 Å². The molecule has 248 valence electrons. The van der Waals surface area contributed by atoms with Crippen molar-refractivity contribution in [2.75, 3.05) is 67.0 Å². The van der Waals surface area contributed by atoms with Crippen molar-refractivity contribution in [3.63, 3.8) is 0 Å². The number of benzene rings is 2. The van der Waals surface area contributed by atoms with Crippen LogP contribution in [0.25, 0.3) is 0 Å². The monoisotopic (exact) mass is 638 g/mol. The van der Waals surface area contributed by atoms with Gasteiger partial charge in [-0.15, -0.1) is 0 Å². The van der Waals surface area contributed by atoms with Gasteiger partial charge in [0, 0.05) is 37.4 Å². The first-order valence-corrected chi connectivity index (χ1v) is 15.8. The van der Waals surface area contributed by atoms with E-state index >= 15 is 0 Å². The van der Waals surface area contributed by atoms with Gasteiger partial charge in [0.15, 0.2) is 0 Å². The fourth-order valence-electron chi connectivity index (χ4n) is 5.99. The van der Waals surface area contributed by atoms with Gasteiger partial charge in [0.05, 0.1) is 63.5 Å². The third-order valence-corrected chi connectivity index (χ3v) is 8.58. The Morgan fingerprint density at radius 3 is 1.46 bits per heavy atom. The van der Waals surface area contributed by atoms with Crippen LogP contribution in [0.1, 0.15) is 57.5 Å². The lowest BCUT2D eigenvalue weighted by atomic mass is 10.00. The fraction of sp³-hybridized carbons (Fsp3) is 0.529. The van der Waals surface area contributed by atoms with Gasteiger partial charge in [0.1, 0.15) is 24.7 Å². The van der Waals surface area contributed by atoms with E-state index in [0.29, 0.717) is 75.2 Å². The zero-order valence-corrected chi connectivity index (χ0v) is 26.5. The van der Waals surface area contributed by atoms with Crippen molar-refractivity contribution < 1.29 is 47.6 Å². The summed E-state index contributed by atoms with van der Waals surface area (Å²) in [4.78, 5) is 52.2. The van der Waals surface area contributed by atoms with Crippen LogP contribution in [0.2, 0.25) is 0 Å². The second kappa shape index (κ2) is 15.9. The van der Waals surface area contributed by atoms with Gasteiger partial charge in [-0.3, -0.25) is 9.59 Å². The molecule has 2 saturated heterocycles. The molecule has 4 aliphatic heterocycles. The molecule has 12 nitrogen and oxygen atoms in total. The van der Waals surface area contributed by atoms with Gasteiger partial charge in [-0.2, -0.15) is 0 Å². The van der Waals surface area contributed by atoms with Crippen LogP contribution in [0.3, 0.4) is 0 Å². The van der Waals surface area contributed by atoms with Gasteiger partial charge < -0.3 is 38.2 Å². The number of methoxy groups -OCH3 is 2. The van der Waals surface area contributed by atoms with Crippen molar-refractivity contribution in [2.24, 2.45) is 11.8 Å². The predicted octanol–water partition coefficient (Wildman–Crippen LogP) is 3.24. The minimum atomic E-state index is -0.395. The molecule has 0 unspecified atom stereocenters. The molecule has 46 heavy (non-hydrogen) atoms. The second-order valence-corrected chi connectivity index (χ2v) is 11.7. The van der Waals surface area contributed by atoms with Crippen molar-refractivity contribution in [1.29, 1.82) is 0 Å². The smallest absolute Gasteiger partial charge is 0.337 e. The molecule has 0 N–H and O–H groups in total. The fourth-order valence-corrected chi connectivity index (χ4v) is 5.99. The normalized spacial score (nSPS) is 20.9. The SMILES string of the molecule is COC(=O)c1ccc2c(c1)OCCN(C(=O)[C@@H]1CCCOC1)C2.COC(=O)c1ccc2c(c1)OCCN(C(=O)[C@H]1CCCOC1)C2. The number of amides is 2. The molecular formula is C34H42N2O10. The lowest BCUT2D eigenvalue weighted by Crippen LogP contribution is -2.40. The number of fused-ring (bicyclic) bond motifs is 2. The molecule has 4 aliphatic rings. The first kappa shape index (κ1) is 33.2. The Morgan fingerprint density at radius 1 is 0.652 bits per heavy atom. The van der Waals surface area contributed by atoms with E-state index in [-0.39, 0.29) is 23.7 Å². The minimum absolute atomic E-state index is 0.0559. The van der Waals surface area contributed by atoms with Crippen LogP contribution in [0, 0.1) is 11.8 Å². The van der Waals surface area contributed by atoms with Crippen LogP contribution in [0.5, 0.6) is 11.5 Å². The molecule has 2 aromatic rings. The average Bonchev–Trinajstić information content (AvgIpc) is 3.47. The van der Waals surface area contributed by atoms with Crippen molar-refractivity contribution in [3.8, 4) is 11.5 Å². The van der Waals surface area contributed by atoms with E-state index in [1.165, 1.54) is 14.2 Å². The number of nitrogens with zero attached hydrogens (tertiary/aromatic N) is 2. The lowest BCUT2D eigenvalue weighted by molar-refractivity contribution is -0.141. The third kappa shape index (κ3) is 8.16. The maximum Gasteiger partial charge on any atom is 0.337 e. The third-order valence-electron chi connectivity index (χ3n) is 8.58. The molecule has 0 aromatic heterocycles. The van der Waals surface area contributed by atoms with Crippen LogP contribution in [0.4, 0.5) is 0 Å². The van der Waals surface area contributed by atoms with Crippen LogP contribution < -0.4 is 9.47 Å². The van der Waals surface area contributed by atoms with Crippen molar-refractivity contribution in [3.05, 3.63) is 58.7 Å². The highest BCUT2D eigenvalue weighted by Crippen LogP contribution is 2.28. The summed E-state index contributed by atoms with van der Waals surface area (Å²) in [5, 5.41) is 0. The van der Waals surface area contributed by atoms with E-state index in [1.807, 2.05) is 21.9 Å². The van der Waals surface area contributed by atoms with E-state index in [0.717, 1.165) is 50.0 Å². The molecule has 0 spiro atoms. The highest BCUT2D eigenvalue weighted by atomic mass is 16.5. The summed E-state index contributed by atoms with van der Waals surface area (Å²) in [7, 11) is 2.70. The molecule has 0 aliphatic carbocycles. The molecule has 12 heteroatoms. The van der Waals surface area contributed by atoms with E-state index in [9.17, 15) is 19.2 Å². The molecule has 4 heterocycles. The maximum atomic E-state index is 12.7. The Kier molecular flexibility index (Phi) is 11.5. The Balaban J connectivity index is 0.000000181. The van der Waals surface area contributed by atoms with Gasteiger partial charge >= 0.3 is 11.9 Å². The molecule has 0 radical (unpaired) electrons. The van der Waals surface area contributed by atoms with Crippen molar-refractivity contribution >= 4 is 23.8 Å². The topological polar surface area (TPSA) is 130 Å². The molecule has 2 amide bonds. The van der Waals surface area contributed by atoms with Gasteiger partial charge in [-0.25, -0.2) is 9.59 Å². The Hall–Kier alpha value is -4.16. The van der Waals surface area contributed by atoms with E-state index in [2.05, 4.69) is 0 Å². The number of rotatable bonds is 4. The van der Waals surface area contributed by atoms with E-state index < -0.39 is 11.9 Å².